The van der Waals surface area contributed by atoms with E-state index in [1.165, 1.54) is 0 Å². The average molecular weight is 283 g/mol. The Bertz CT molecular complexity index is 822. The smallest absolute Gasteiger partial charge is 0.356 e. The SMILES string of the molecule is COc1ccc(-c2nc(C(=O)O)c3cc(N)ccn23)cc1. The van der Waals surface area contributed by atoms with Crippen LogP contribution in [-0.4, -0.2) is 27.6 Å². The van der Waals surface area contributed by atoms with Gasteiger partial charge in [0.25, 0.3) is 0 Å². The van der Waals surface area contributed by atoms with E-state index in [0.717, 1.165) is 11.3 Å². The van der Waals surface area contributed by atoms with Gasteiger partial charge in [0.05, 0.1) is 12.6 Å². The third-order valence-corrected chi connectivity index (χ3v) is 3.22. The molecular weight excluding hydrogens is 270 g/mol. The number of nitrogen functional groups attached to an aromatic ring is 1. The highest BCUT2D eigenvalue weighted by atomic mass is 16.5. The fourth-order valence-corrected chi connectivity index (χ4v) is 2.20. The first-order valence-electron chi connectivity index (χ1n) is 6.25. The molecule has 3 aromatic rings. The summed E-state index contributed by atoms with van der Waals surface area (Å²) in [7, 11) is 1.59. The van der Waals surface area contributed by atoms with Gasteiger partial charge in [0.2, 0.25) is 0 Å². The summed E-state index contributed by atoms with van der Waals surface area (Å²) in [5.74, 6) is 0.185. The van der Waals surface area contributed by atoms with E-state index in [-0.39, 0.29) is 5.69 Å². The molecule has 0 aliphatic rings. The van der Waals surface area contributed by atoms with Crippen LogP contribution in [0.2, 0.25) is 0 Å². The summed E-state index contributed by atoms with van der Waals surface area (Å²) in [5.41, 5.74) is 7.46. The van der Waals surface area contributed by atoms with Crippen LogP contribution in [0.5, 0.6) is 5.75 Å². The number of aromatic carboxylic acids is 1. The largest absolute Gasteiger partial charge is 0.497 e. The van der Waals surface area contributed by atoms with Crippen LogP contribution in [0.3, 0.4) is 0 Å². The van der Waals surface area contributed by atoms with Crippen molar-refractivity contribution in [3.8, 4) is 17.1 Å². The Hall–Kier alpha value is -3.02. The van der Waals surface area contributed by atoms with Crippen molar-refractivity contribution in [2.75, 3.05) is 12.8 Å². The van der Waals surface area contributed by atoms with Crippen molar-refractivity contribution in [1.29, 1.82) is 0 Å². The predicted molar refractivity (Wildman–Crippen MR) is 78.6 cm³/mol. The molecule has 0 amide bonds. The van der Waals surface area contributed by atoms with E-state index >= 15 is 0 Å². The molecule has 0 saturated heterocycles. The Morgan fingerprint density at radius 2 is 2.00 bits per heavy atom. The van der Waals surface area contributed by atoms with Crippen molar-refractivity contribution in [3.63, 3.8) is 0 Å². The monoisotopic (exact) mass is 283 g/mol. The number of imidazole rings is 1. The van der Waals surface area contributed by atoms with Gasteiger partial charge in [-0.2, -0.15) is 0 Å². The summed E-state index contributed by atoms with van der Waals surface area (Å²) in [4.78, 5) is 15.6. The molecule has 3 rings (SSSR count). The summed E-state index contributed by atoms with van der Waals surface area (Å²) in [5, 5.41) is 9.28. The van der Waals surface area contributed by atoms with Crippen LogP contribution < -0.4 is 10.5 Å². The molecule has 21 heavy (non-hydrogen) atoms. The molecule has 0 fully saturated rings. The molecule has 0 unspecified atom stereocenters. The molecule has 0 spiro atoms. The van der Waals surface area contributed by atoms with Crippen LogP contribution in [-0.2, 0) is 0 Å². The number of carbonyl (C=O) groups is 1. The first-order valence-corrected chi connectivity index (χ1v) is 6.25. The second-order valence-corrected chi connectivity index (χ2v) is 4.53. The Labute approximate surface area is 120 Å². The molecule has 0 aliphatic carbocycles. The van der Waals surface area contributed by atoms with Crippen LogP contribution in [0, 0.1) is 0 Å². The van der Waals surface area contributed by atoms with Crippen LogP contribution in [0.15, 0.2) is 42.6 Å². The summed E-state index contributed by atoms with van der Waals surface area (Å²) in [6.45, 7) is 0. The lowest BCUT2D eigenvalue weighted by Gasteiger charge is -2.03. The van der Waals surface area contributed by atoms with Crippen molar-refractivity contribution >= 4 is 17.2 Å². The summed E-state index contributed by atoms with van der Waals surface area (Å²) in [6.07, 6.45) is 1.71. The number of pyridine rings is 1. The zero-order valence-electron chi connectivity index (χ0n) is 11.3. The number of aromatic nitrogens is 2. The van der Waals surface area contributed by atoms with E-state index in [0.29, 0.717) is 17.0 Å². The van der Waals surface area contributed by atoms with Gasteiger partial charge in [-0.15, -0.1) is 0 Å². The molecule has 2 aromatic heterocycles. The molecule has 2 heterocycles. The topological polar surface area (TPSA) is 89.8 Å². The molecule has 0 bridgehead atoms. The quantitative estimate of drug-likeness (QED) is 0.769. The lowest BCUT2D eigenvalue weighted by molar-refractivity contribution is 0.0693. The molecule has 0 saturated carbocycles. The number of anilines is 1. The maximum atomic E-state index is 11.3. The molecular formula is C15H13N3O3. The third-order valence-electron chi connectivity index (χ3n) is 3.22. The molecule has 6 nitrogen and oxygen atoms in total. The number of carboxylic acids is 1. The molecule has 3 N–H and O–H groups in total. The number of ether oxygens (including phenoxy) is 1. The second kappa shape index (κ2) is 4.82. The zero-order valence-corrected chi connectivity index (χ0v) is 11.3. The lowest BCUT2D eigenvalue weighted by Crippen LogP contribution is -1.97. The van der Waals surface area contributed by atoms with E-state index < -0.39 is 5.97 Å². The minimum Gasteiger partial charge on any atom is -0.497 e. The maximum absolute atomic E-state index is 11.3. The third kappa shape index (κ3) is 2.16. The molecule has 1 aromatic carbocycles. The number of nitrogens with two attached hydrogens (primary N) is 1. The minimum atomic E-state index is -1.09. The maximum Gasteiger partial charge on any atom is 0.356 e. The number of nitrogens with zero attached hydrogens (tertiary/aromatic N) is 2. The van der Waals surface area contributed by atoms with Gasteiger partial charge in [0.15, 0.2) is 5.69 Å². The fourth-order valence-electron chi connectivity index (χ4n) is 2.20. The van der Waals surface area contributed by atoms with Gasteiger partial charge in [-0.25, -0.2) is 9.78 Å². The van der Waals surface area contributed by atoms with Gasteiger partial charge in [-0.1, -0.05) is 0 Å². The number of benzene rings is 1. The summed E-state index contributed by atoms with van der Waals surface area (Å²) < 4.78 is 6.82. The van der Waals surface area contributed by atoms with E-state index in [1.807, 2.05) is 12.1 Å². The number of hydrogen-bond acceptors (Lipinski definition) is 4. The highest BCUT2D eigenvalue weighted by Crippen LogP contribution is 2.25. The van der Waals surface area contributed by atoms with E-state index in [2.05, 4.69) is 4.98 Å². The zero-order chi connectivity index (χ0) is 15.0. The van der Waals surface area contributed by atoms with Gasteiger partial charge in [-0.3, -0.25) is 4.40 Å². The van der Waals surface area contributed by atoms with Crippen LogP contribution in [0.25, 0.3) is 16.9 Å². The Balaban J connectivity index is 2.24. The minimum absolute atomic E-state index is 0.0203. The van der Waals surface area contributed by atoms with Crippen molar-refractivity contribution in [3.05, 3.63) is 48.3 Å². The van der Waals surface area contributed by atoms with Crippen molar-refractivity contribution in [2.24, 2.45) is 0 Å². The summed E-state index contributed by atoms with van der Waals surface area (Å²) >= 11 is 0. The van der Waals surface area contributed by atoms with Crippen molar-refractivity contribution < 1.29 is 14.6 Å². The number of hydrogen-bond donors (Lipinski definition) is 2. The predicted octanol–water partition coefficient (Wildman–Crippen LogP) is 2.29. The van der Waals surface area contributed by atoms with E-state index in [9.17, 15) is 9.90 Å². The molecule has 0 aliphatic heterocycles. The highest BCUT2D eigenvalue weighted by molar-refractivity contribution is 5.95. The van der Waals surface area contributed by atoms with Gasteiger partial charge in [0.1, 0.15) is 11.6 Å². The lowest BCUT2D eigenvalue weighted by atomic mass is 10.2. The Morgan fingerprint density at radius 3 is 2.62 bits per heavy atom. The van der Waals surface area contributed by atoms with Crippen molar-refractivity contribution in [2.45, 2.75) is 0 Å². The molecule has 0 radical (unpaired) electrons. The molecule has 106 valence electrons. The number of fused-ring (bicyclic) bond motifs is 1. The van der Waals surface area contributed by atoms with E-state index in [1.54, 1.807) is 42.0 Å². The highest BCUT2D eigenvalue weighted by Gasteiger charge is 2.17. The van der Waals surface area contributed by atoms with Gasteiger partial charge in [0, 0.05) is 17.4 Å². The van der Waals surface area contributed by atoms with Crippen LogP contribution in [0.1, 0.15) is 10.5 Å². The first kappa shape index (κ1) is 13.0. The van der Waals surface area contributed by atoms with Gasteiger partial charge < -0.3 is 15.6 Å². The summed E-state index contributed by atoms with van der Waals surface area (Å²) in [6, 6.07) is 10.6. The van der Waals surface area contributed by atoms with Gasteiger partial charge >= 0.3 is 5.97 Å². The van der Waals surface area contributed by atoms with Crippen molar-refractivity contribution in [1.82, 2.24) is 9.38 Å². The van der Waals surface area contributed by atoms with Gasteiger partial charge in [-0.05, 0) is 36.4 Å². The fraction of sp³-hybridized carbons (Fsp3) is 0.0667. The molecule has 6 heteroatoms. The Kier molecular flexibility index (Phi) is 2.98. The van der Waals surface area contributed by atoms with Crippen LogP contribution >= 0.6 is 0 Å². The normalized spacial score (nSPS) is 10.7. The van der Waals surface area contributed by atoms with E-state index in [4.69, 9.17) is 10.5 Å². The standard InChI is InChI=1S/C15H13N3O3/c1-21-11-4-2-9(3-5-11)14-17-13(15(19)20)12-8-10(16)6-7-18(12)14/h2-8H,16H2,1H3,(H,19,20). The number of methoxy groups -OCH3 is 1. The van der Waals surface area contributed by atoms with Crippen LogP contribution in [0.4, 0.5) is 5.69 Å². The Morgan fingerprint density at radius 1 is 1.29 bits per heavy atom. The number of carboxylic acid groups (broad SMARTS) is 1. The average Bonchev–Trinajstić information content (AvgIpc) is 2.86. The molecule has 0 atom stereocenters. The number of rotatable bonds is 3. The first-order chi connectivity index (χ1) is 10.1. The second-order valence-electron chi connectivity index (χ2n) is 4.53.